The van der Waals surface area contributed by atoms with Crippen LogP contribution in [0.1, 0.15) is 17.3 Å². The van der Waals surface area contributed by atoms with Gasteiger partial charge >= 0.3 is 5.69 Å². The number of para-hydroxylation sites is 2. The lowest BCUT2D eigenvalue weighted by Gasteiger charge is -2.31. The summed E-state index contributed by atoms with van der Waals surface area (Å²) in [7, 11) is 4.71. The van der Waals surface area contributed by atoms with Crippen LogP contribution in [0.2, 0.25) is 0 Å². The minimum Gasteiger partial charge on any atom is -0.497 e. The molecule has 0 saturated carbocycles. The number of nitrogens with one attached hydrogen (secondary N) is 1. The highest BCUT2D eigenvalue weighted by molar-refractivity contribution is 5.99. The van der Waals surface area contributed by atoms with Crippen LogP contribution in [0, 0.1) is 5.82 Å². The maximum atomic E-state index is 15.2. The molecule has 3 heterocycles. The standard InChI is InChI=1S/C28H23FN4O3/c1-31-25-22(27(34)32(2)28(31)35)24(16-12-14-17(36-3)15-13-16)33-21-11-7-6-10-20(21)30-23(26(25)33)18-8-4-5-9-19(18)29/h4-15,23,30H,1-3H3/t23-/m1/s1. The molecule has 1 aliphatic heterocycles. The number of nitrogens with zero attached hydrogens (tertiary/aromatic N) is 3. The molecule has 7 nitrogen and oxygen atoms in total. The van der Waals surface area contributed by atoms with Crippen LogP contribution in [0.25, 0.3) is 27.8 Å². The number of anilines is 1. The molecule has 8 heteroatoms. The SMILES string of the molecule is COc1ccc(-c2c3c(=O)n(C)c(=O)n(C)c3c3n2-c2ccccc2N[C@@H]3c2ccccc2F)cc1. The van der Waals surface area contributed by atoms with Crippen molar-refractivity contribution in [1.82, 2.24) is 13.7 Å². The van der Waals surface area contributed by atoms with Gasteiger partial charge in [-0.15, -0.1) is 0 Å². The summed E-state index contributed by atoms with van der Waals surface area (Å²) in [5.74, 6) is 0.301. The largest absolute Gasteiger partial charge is 0.497 e. The number of hydrogen-bond acceptors (Lipinski definition) is 4. The fraction of sp³-hybridized carbons (Fsp3) is 0.143. The van der Waals surface area contributed by atoms with E-state index in [4.69, 9.17) is 4.74 Å². The highest BCUT2D eigenvalue weighted by Gasteiger charge is 2.35. The van der Waals surface area contributed by atoms with E-state index in [0.29, 0.717) is 33.6 Å². The molecule has 1 N–H and O–H groups in total. The maximum absolute atomic E-state index is 15.2. The molecule has 3 aromatic carbocycles. The van der Waals surface area contributed by atoms with Gasteiger partial charge < -0.3 is 14.6 Å². The lowest BCUT2D eigenvalue weighted by atomic mass is 9.99. The summed E-state index contributed by atoms with van der Waals surface area (Å²) in [6.45, 7) is 0. The molecule has 5 aromatic rings. The van der Waals surface area contributed by atoms with Crippen molar-refractivity contribution < 1.29 is 9.13 Å². The number of methoxy groups -OCH3 is 1. The average molecular weight is 483 g/mol. The third-order valence-corrected chi connectivity index (χ3v) is 6.91. The van der Waals surface area contributed by atoms with Gasteiger partial charge in [0.25, 0.3) is 5.56 Å². The first-order valence-corrected chi connectivity index (χ1v) is 11.5. The Kier molecular flexibility index (Phi) is 4.86. The Morgan fingerprint density at radius 2 is 1.58 bits per heavy atom. The molecule has 0 amide bonds. The van der Waals surface area contributed by atoms with Crippen molar-refractivity contribution in [2.24, 2.45) is 14.1 Å². The van der Waals surface area contributed by atoms with Gasteiger partial charge in [0, 0.05) is 19.7 Å². The lowest BCUT2D eigenvalue weighted by molar-refractivity contribution is 0.415. The number of fused-ring (bicyclic) bond motifs is 5. The highest BCUT2D eigenvalue weighted by Crippen LogP contribution is 2.45. The van der Waals surface area contributed by atoms with Gasteiger partial charge in [-0.2, -0.15) is 0 Å². The maximum Gasteiger partial charge on any atom is 0.331 e. The molecule has 36 heavy (non-hydrogen) atoms. The second-order valence-electron chi connectivity index (χ2n) is 8.84. The summed E-state index contributed by atoms with van der Waals surface area (Å²) < 4.78 is 25.1. The van der Waals surface area contributed by atoms with Crippen molar-refractivity contribution in [1.29, 1.82) is 0 Å². The molecule has 1 aliphatic rings. The van der Waals surface area contributed by atoms with Crippen LogP contribution < -0.4 is 21.3 Å². The van der Waals surface area contributed by atoms with Crippen molar-refractivity contribution in [3.8, 4) is 22.7 Å². The van der Waals surface area contributed by atoms with Crippen molar-refractivity contribution >= 4 is 16.6 Å². The number of halogens is 1. The van der Waals surface area contributed by atoms with Crippen molar-refractivity contribution in [2.45, 2.75) is 6.04 Å². The van der Waals surface area contributed by atoms with E-state index in [-0.39, 0.29) is 5.82 Å². The third-order valence-electron chi connectivity index (χ3n) is 6.91. The zero-order valence-corrected chi connectivity index (χ0v) is 19.9. The van der Waals surface area contributed by atoms with Crippen molar-refractivity contribution in [3.63, 3.8) is 0 Å². The summed E-state index contributed by atoms with van der Waals surface area (Å²) in [4.78, 5) is 26.8. The molecular weight excluding hydrogens is 459 g/mol. The first-order valence-electron chi connectivity index (χ1n) is 11.5. The van der Waals surface area contributed by atoms with Crippen molar-refractivity contribution in [3.05, 3.63) is 111 Å². The molecule has 0 unspecified atom stereocenters. The van der Waals surface area contributed by atoms with E-state index in [1.165, 1.54) is 17.7 Å². The molecule has 0 saturated heterocycles. The van der Waals surface area contributed by atoms with Gasteiger partial charge in [-0.25, -0.2) is 9.18 Å². The van der Waals surface area contributed by atoms with Crippen LogP contribution in [-0.4, -0.2) is 20.8 Å². The average Bonchev–Trinajstić information content (AvgIpc) is 3.27. The van der Waals surface area contributed by atoms with E-state index in [0.717, 1.165) is 21.5 Å². The number of aryl methyl sites for hydroxylation is 1. The summed E-state index contributed by atoms with van der Waals surface area (Å²) in [6.07, 6.45) is 0. The van der Waals surface area contributed by atoms with E-state index in [1.807, 2.05) is 53.1 Å². The van der Waals surface area contributed by atoms with Gasteiger partial charge in [-0.1, -0.05) is 30.3 Å². The van der Waals surface area contributed by atoms with Crippen LogP contribution in [0.4, 0.5) is 10.1 Å². The zero-order chi connectivity index (χ0) is 25.1. The summed E-state index contributed by atoms with van der Waals surface area (Å²) in [5.41, 5.74) is 3.63. The molecule has 0 spiro atoms. The minimum atomic E-state index is -0.645. The van der Waals surface area contributed by atoms with Gasteiger partial charge in [-0.3, -0.25) is 13.9 Å². The van der Waals surface area contributed by atoms with Gasteiger partial charge in [0.15, 0.2) is 0 Å². The minimum absolute atomic E-state index is 0.380. The normalized spacial score (nSPS) is 14.3. The van der Waals surface area contributed by atoms with Gasteiger partial charge in [0.2, 0.25) is 0 Å². The summed E-state index contributed by atoms with van der Waals surface area (Å²) in [6, 6.07) is 21.0. The molecule has 0 aliphatic carbocycles. The van der Waals surface area contributed by atoms with E-state index in [9.17, 15) is 9.59 Å². The smallest absolute Gasteiger partial charge is 0.331 e. The Labute approximate surface area is 205 Å². The molecule has 0 bridgehead atoms. The Morgan fingerprint density at radius 3 is 2.31 bits per heavy atom. The first-order chi connectivity index (χ1) is 17.4. The number of aromatic nitrogens is 3. The van der Waals surface area contributed by atoms with E-state index >= 15 is 4.39 Å². The number of ether oxygens (including phenoxy) is 1. The lowest BCUT2D eigenvalue weighted by Crippen LogP contribution is -2.37. The highest BCUT2D eigenvalue weighted by atomic mass is 19.1. The monoisotopic (exact) mass is 482 g/mol. The Bertz CT molecular complexity index is 1780. The Morgan fingerprint density at radius 1 is 0.889 bits per heavy atom. The summed E-state index contributed by atoms with van der Waals surface area (Å²) in [5, 5.41) is 3.85. The third kappa shape index (κ3) is 2.97. The fourth-order valence-corrected chi connectivity index (χ4v) is 5.18. The predicted molar refractivity (Wildman–Crippen MR) is 138 cm³/mol. The van der Waals surface area contributed by atoms with Gasteiger partial charge in [-0.05, 0) is 48.0 Å². The van der Waals surface area contributed by atoms with E-state index in [1.54, 1.807) is 32.4 Å². The van der Waals surface area contributed by atoms with Crippen LogP contribution in [0.3, 0.4) is 0 Å². The molecule has 0 radical (unpaired) electrons. The Balaban J connectivity index is 1.85. The van der Waals surface area contributed by atoms with Crippen LogP contribution >= 0.6 is 0 Å². The number of rotatable bonds is 3. The number of benzene rings is 3. The van der Waals surface area contributed by atoms with Crippen LogP contribution in [0.15, 0.2) is 82.4 Å². The quantitative estimate of drug-likeness (QED) is 0.415. The first kappa shape index (κ1) is 21.9. The second-order valence-corrected chi connectivity index (χ2v) is 8.84. The van der Waals surface area contributed by atoms with Gasteiger partial charge in [0.05, 0.1) is 46.8 Å². The molecule has 1 atom stereocenters. The molecule has 0 fully saturated rings. The van der Waals surface area contributed by atoms with Gasteiger partial charge in [0.1, 0.15) is 11.6 Å². The zero-order valence-electron chi connectivity index (χ0n) is 19.9. The Hall–Kier alpha value is -4.59. The van der Waals surface area contributed by atoms with Crippen molar-refractivity contribution in [2.75, 3.05) is 12.4 Å². The second kappa shape index (κ2) is 7.98. The summed E-state index contributed by atoms with van der Waals surface area (Å²) >= 11 is 0. The molecule has 2 aromatic heterocycles. The number of hydrogen-bond donors (Lipinski definition) is 1. The fourth-order valence-electron chi connectivity index (χ4n) is 5.18. The molecule has 6 rings (SSSR count). The van der Waals surface area contributed by atoms with E-state index < -0.39 is 17.3 Å². The van der Waals surface area contributed by atoms with Crippen LogP contribution in [0.5, 0.6) is 5.75 Å². The topological polar surface area (TPSA) is 70.2 Å². The predicted octanol–water partition coefficient (Wildman–Crippen LogP) is 4.36. The van der Waals surface area contributed by atoms with E-state index in [2.05, 4.69) is 5.32 Å². The molecular formula is C28H23FN4O3. The molecule has 180 valence electrons. The van der Waals surface area contributed by atoms with Crippen LogP contribution in [-0.2, 0) is 14.1 Å².